The van der Waals surface area contributed by atoms with Crippen LogP contribution in [-0.4, -0.2) is 31.4 Å². The lowest BCUT2D eigenvalue weighted by molar-refractivity contribution is 0.0526. The maximum atomic E-state index is 11.5. The van der Waals surface area contributed by atoms with E-state index in [0.717, 1.165) is 4.47 Å². The van der Waals surface area contributed by atoms with Gasteiger partial charge in [0.1, 0.15) is 18.5 Å². The van der Waals surface area contributed by atoms with Crippen molar-refractivity contribution in [1.82, 2.24) is 0 Å². The van der Waals surface area contributed by atoms with Crippen LogP contribution in [0.15, 0.2) is 22.7 Å². The molecule has 0 N–H and O–H groups in total. The van der Waals surface area contributed by atoms with Crippen molar-refractivity contribution in [2.24, 2.45) is 0 Å². The van der Waals surface area contributed by atoms with Gasteiger partial charge in [0.15, 0.2) is 0 Å². The van der Waals surface area contributed by atoms with Gasteiger partial charge in [-0.3, -0.25) is 0 Å². The van der Waals surface area contributed by atoms with E-state index in [1.165, 1.54) is 0 Å². The van der Waals surface area contributed by atoms with Gasteiger partial charge in [0, 0.05) is 0 Å². The zero-order chi connectivity index (χ0) is 13.1. The molecule has 2 atom stereocenters. The summed E-state index contributed by atoms with van der Waals surface area (Å²) in [6, 6.07) is 5.14. The van der Waals surface area contributed by atoms with Gasteiger partial charge >= 0.3 is 5.97 Å². The van der Waals surface area contributed by atoms with Gasteiger partial charge in [0.2, 0.25) is 0 Å². The largest absolute Gasteiger partial charge is 0.490 e. The van der Waals surface area contributed by atoms with E-state index >= 15 is 0 Å². The highest BCUT2D eigenvalue weighted by molar-refractivity contribution is 9.10. The molecule has 1 heterocycles. The number of hydrogen-bond acceptors (Lipinski definition) is 4. The van der Waals surface area contributed by atoms with E-state index in [0.29, 0.717) is 24.5 Å². The average molecular weight is 315 g/mol. The second-order valence-electron chi connectivity index (χ2n) is 4.06. The SMILES string of the molecule is CCOC(=O)c1ccc(OCC2OC2C)c(Br)c1. The van der Waals surface area contributed by atoms with E-state index in [2.05, 4.69) is 15.9 Å². The van der Waals surface area contributed by atoms with Crippen LogP contribution >= 0.6 is 15.9 Å². The topological polar surface area (TPSA) is 48.1 Å². The standard InChI is InChI=1S/C13H15BrO4/c1-3-16-13(15)9-4-5-11(10(14)6-9)17-7-12-8(2)18-12/h4-6,8,12H,3,7H2,1-2H3. The molecule has 1 aliphatic rings. The Morgan fingerprint density at radius 1 is 1.50 bits per heavy atom. The highest BCUT2D eigenvalue weighted by Crippen LogP contribution is 2.28. The fraction of sp³-hybridized carbons (Fsp3) is 0.462. The predicted octanol–water partition coefficient (Wildman–Crippen LogP) is 2.79. The van der Waals surface area contributed by atoms with Crippen LogP contribution < -0.4 is 4.74 Å². The molecular formula is C13H15BrO4. The van der Waals surface area contributed by atoms with Gasteiger partial charge in [-0.05, 0) is 48.0 Å². The minimum atomic E-state index is -0.330. The third kappa shape index (κ3) is 3.23. The minimum absolute atomic E-state index is 0.182. The Morgan fingerprint density at radius 2 is 2.22 bits per heavy atom. The molecule has 5 heteroatoms. The van der Waals surface area contributed by atoms with Gasteiger partial charge in [-0.25, -0.2) is 4.79 Å². The Balaban J connectivity index is 1.98. The first-order chi connectivity index (χ1) is 8.61. The smallest absolute Gasteiger partial charge is 0.338 e. The fourth-order valence-corrected chi connectivity index (χ4v) is 2.03. The summed E-state index contributed by atoms with van der Waals surface area (Å²) in [6.07, 6.45) is 0.462. The number of hydrogen-bond donors (Lipinski definition) is 0. The molecular weight excluding hydrogens is 300 g/mol. The number of ether oxygens (including phenoxy) is 3. The third-order valence-electron chi connectivity index (χ3n) is 2.68. The van der Waals surface area contributed by atoms with Gasteiger partial charge in [0.25, 0.3) is 0 Å². The van der Waals surface area contributed by atoms with Crippen LogP contribution in [0.1, 0.15) is 24.2 Å². The Kier molecular flexibility index (Phi) is 4.24. The number of benzene rings is 1. The summed E-state index contributed by atoms with van der Waals surface area (Å²) in [5.74, 6) is 0.370. The van der Waals surface area contributed by atoms with Gasteiger partial charge in [-0.1, -0.05) is 0 Å². The first kappa shape index (κ1) is 13.4. The molecule has 1 aliphatic heterocycles. The van der Waals surface area contributed by atoms with E-state index in [1.807, 2.05) is 6.92 Å². The van der Waals surface area contributed by atoms with Crippen molar-refractivity contribution in [2.75, 3.05) is 13.2 Å². The zero-order valence-corrected chi connectivity index (χ0v) is 11.9. The molecule has 0 bridgehead atoms. The second kappa shape index (κ2) is 5.71. The number of rotatable bonds is 5. The number of esters is 1. The van der Waals surface area contributed by atoms with Gasteiger partial charge in [0.05, 0.1) is 22.7 Å². The van der Waals surface area contributed by atoms with Crippen molar-refractivity contribution < 1.29 is 19.0 Å². The van der Waals surface area contributed by atoms with Crippen molar-refractivity contribution in [3.63, 3.8) is 0 Å². The summed E-state index contributed by atoms with van der Waals surface area (Å²) in [5.41, 5.74) is 0.507. The lowest BCUT2D eigenvalue weighted by atomic mass is 10.2. The lowest BCUT2D eigenvalue weighted by Crippen LogP contribution is -2.08. The average Bonchev–Trinajstić information content (AvgIpc) is 3.04. The molecule has 18 heavy (non-hydrogen) atoms. The minimum Gasteiger partial charge on any atom is -0.490 e. The van der Waals surface area contributed by atoms with Crippen LogP contribution in [0.25, 0.3) is 0 Å². The summed E-state index contributed by atoms with van der Waals surface area (Å²) in [4.78, 5) is 11.5. The number of carbonyl (C=O) groups excluding carboxylic acids is 1. The first-order valence-electron chi connectivity index (χ1n) is 5.86. The van der Waals surface area contributed by atoms with Crippen molar-refractivity contribution in [3.05, 3.63) is 28.2 Å². The second-order valence-corrected chi connectivity index (χ2v) is 4.91. The van der Waals surface area contributed by atoms with E-state index in [1.54, 1.807) is 25.1 Å². The van der Waals surface area contributed by atoms with Crippen molar-refractivity contribution in [3.8, 4) is 5.75 Å². The van der Waals surface area contributed by atoms with Crippen molar-refractivity contribution >= 4 is 21.9 Å². The van der Waals surface area contributed by atoms with Crippen LogP contribution in [0.4, 0.5) is 0 Å². The monoisotopic (exact) mass is 314 g/mol. The maximum absolute atomic E-state index is 11.5. The van der Waals surface area contributed by atoms with E-state index in [9.17, 15) is 4.79 Å². The normalized spacial score (nSPS) is 21.5. The molecule has 2 unspecified atom stereocenters. The molecule has 1 aromatic carbocycles. The van der Waals surface area contributed by atoms with Crippen molar-refractivity contribution in [2.45, 2.75) is 26.1 Å². The van der Waals surface area contributed by atoms with Crippen LogP contribution in [0.5, 0.6) is 5.75 Å². The highest BCUT2D eigenvalue weighted by atomic mass is 79.9. The maximum Gasteiger partial charge on any atom is 0.338 e. The molecule has 0 radical (unpaired) electrons. The summed E-state index contributed by atoms with van der Waals surface area (Å²) in [6.45, 7) is 4.68. The van der Waals surface area contributed by atoms with Gasteiger partial charge in [-0.15, -0.1) is 0 Å². The summed E-state index contributed by atoms with van der Waals surface area (Å²) >= 11 is 3.38. The van der Waals surface area contributed by atoms with Crippen LogP contribution in [-0.2, 0) is 9.47 Å². The number of carbonyl (C=O) groups is 1. The molecule has 2 rings (SSSR count). The number of epoxide rings is 1. The quantitative estimate of drug-likeness (QED) is 0.619. The molecule has 0 spiro atoms. The van der Waals surface area contributed by atoms with E-state index in [-0.39, 0.29) is 18.2 Å². The molecule has 98 valence electrons. The molecule has 0 saturated carbocycles. The molecule has 1 fully saturated rings. The molecule has 0 amide bonds. The van der Waals surface area contributed by atoms with Crippen LogP contribution in [0.3, 0.4) is 0 Å². The van der Waals surface area contributed by atoms with Crippen LogP contribution in [0.2, 0.25) is 0 Å². The molecule has 1 saturated heterocycles. The van der Waals surface area contributed by atoms with E-state index < -0.39 is 0 Å². The Labute approximate surface area is 114 Å². The van der Waals surface area contributed by atoms with E-state index in [4.69, 9.17) is 14.2 Å². The molecule has 0 aromatic heterocycles. The Bertz CT molecular complexity index is 447. The summed E-state index contributed by atoms with van der Waals surface area (Å²) < 4.78 is 16.5. The lowest BCUT2D eigenvalue weighted by Gasteiger charge is -2.08. The zero-order valence-electron chi connectivity index (χ0n) is 10.3. The molecule has 4 nitrogen and oxygen atoms in total. The third-order valence-corrected chi connectivity index (χ3v) is 3.30. The summed E-state index contributed by atoms with van der Waals surface area (Å²) in [5, 5.41) is 0. The first-order valence-corrected chi connectivity index (χ1v) is 6.66. The Morgan fingerprint density at radius 3 is 2.78 bits per heavy atom. The molecule has 0 aliphatic carbocycles. The number of halogens is 1. The highest BCUT2D eigenvalue weighted by Gasteiger charge is 2.34. The van der Waals surface area contributed by atoms with Crippen LogP contribution in [0, 0.1) is 0 Å². The van der Waals surface area contributed by atoms with Gasteiger partial charge in [-0.2, -0.15) is 0 Å². The predicted molar refractivity (Wildman–Crippen MR) is 69.9 cm³/mol. The summed E-state index contributed by atoms with van der Waals surface area (Å²) in [7, 11) is 0. The Hall–Kier alpha value is -1.07. The fourth-order valence-electron chi connectivity index (χ4n) is 1.54. The van der Waals surface area contributed by atoms with Gasteiger partial charge < -0.3 is 14.2 Å². The van der Waals surface area contributed by atoms with Crippen molar-refractivity contribution in [1.29, 1.82) is 0 Å². The molecule has 1 aromatic rings.